The standard InChI is InChI=1S/C15H16ClN3O2S2/c1-3-19-12-7-5-4-6-11(12)17-14(19)10-18(2)23(20,21)15-9-8-13(16)22-15/h4-9H,3,10H2,1-2H3. The lowest BCUT2D eigenvalue weighted by molar-refractivity contribution is 0.450. The maximum Gasteiger partial charge on any atom is 0.252 e. The molecule has 0 unspecified atom stereocenters. The fraction of sp³-hybridized carbons (Fsp3) is 0.267. The van der Waals surface area contributed by atoms with E-state index < -0.39 is 10.0 Å². The van der Waals surface area contributed by atoms with Gasteiger partial charge in [0.1, 0.15) is 10.0 Å². The van der Waals surface area contributed by atoms with Gasteiger partial charge in [-0.15, -0.1) is 11.3 Å². The second-order valence-corrected chi connectivity index (χ2v) is 9.07. The molecule has 0 radical (unpaired) electrons. The predicted octanol–water partition coefficient (Wildman–Crippen LogP) is 3.59. The van der Waals surface area contributed by atoms with Gasteiger partial charge in [-0.1, -0.05) is 23.7 Å². The van der Waals surface area contributed by atoms with Gasteiger partial charge in [-0.25, -0.2) is 13.4 Å². The number of imidazole rings is 1. The number of sulfonamides is 1. The first-order valence-corrected chi connectivity index (χ1v) is 9.72. The quantitative estimate of drug-likeness (QED) is 0.690. The number of rotatable bonds is 5. The number of fused-ring (bicyclic) bond motifs is 1. The monoisotopic (exact) mass is 369 g/mol. The van der Waals surface area contributed by atoms with E-state index in [4.69, 9.17) is 11.6 Å². The van der Waals surface area contributed by atoms with E-state index in [0.717, 1.165) is 34.7 Å². The topological polar surface area (TPSA) is 55.2 Å². The van der Waals surface area contributed by atoms with Gasteiger partial charge in [0.05, 0.1) is 21.9 Å². The molecular formula is C15H16ClN3O2S2. The second kappa shape index (κ2) is 6.24. The van der Waals surface area contributed by atoms with Crippen LogP contribution in [-0.2, 0) is 23.1 Å². The summed E-state index contributed by atoms with van der Waals surface area (Å²) >= 11 is 6.91. The Kier molecular flexibility index (Phi) is 4.46. The average molecular weight is 370 g/mol. The van der Waals surface area contributed by atoms with Crippen LogP contribution < -0.4 is 0 Å². The van der Waals surface area contributed by atoms with Crippen molar-refractivity contribution in [2.45, 2.75) is 24.2 Å². The summed E-state index contributed by atoms with van der Waals surface area (Å²) in [6, 6.07) is 10.9. The van der Waals surface area contributed by atoms with E-state index in [1.54, 1.807) is 13.1 Å². The van der Waals surface area contributed by atoms with Crippen molar-refractivity contribution in [3.63, 3.8) is 0 Å². The molecule has 122 valence electrons. The molecule has 5 nitrogen and oxygen atoms in total. The first-order valence-electron chi connectivity index (χ1n) is 7.09. The molecule has 3 rings (SSSR count). The van der Waals surface area contributed by atoms with Crippen LogP contribution in [0.15, 0.2) is 40.6 Å². The van der Waals surface area contributed by atoms with Crippen LogP contribution in [0.3, 0.4) is 0 Å². The highest BCUT2D eigenvalue weighted by Crippen LogP contribution is 2.28. The van der Waals surface area contributed by atoms with E-state index in [0.29, 0.717) is 4.34 Å². The maximum absolute atomic E-state index is 12.6. The lowest BCUT2D eigenvalue weighted by Gasteiger charge is -2.16. The van der Waals surface area contributed by atoms with E-state index in [9.17, 15) is 8.42 Å². The summed E-state index contributed by atoms with van der Waals surface area (Å²) in [5.41, 5.74) is 1.88. The van der Waals surface area contributed by atoms with E-state index in [-0.39, 0.29) is 10.8 Å². The highest BCUT2D eigenvalue weighted by Gasteiger charge is 2.24. The Morgan fingerprint density at radius 2 is 2.00 bits per heavy atom. The number of aryl methyl sites for hydroxylation is 1. The van der Waals surface area contributed by atoms with Crippen molar-refractivity contribution < 1.29 is 8.42 Å². The number of hydrogen-bond donors (Lipinski definition) is 0. The largest absolute Gasteiger partial charge is 0.327 e. The smallest absolute Gasteiger partial charge is 0.252 e. The van der Waals surface area contributed by atoms with E-state index >= 15 is 0 Å². The second-order valence-electron chi connectivity index (χ2n) is 5.08. The lowest BCUT2D eigenvalue weighted by atomic mass is 10.3. The van der Waals surface area contributed by atoms with Gasteiger partial charge in [-0.3, -0.25) is 0 Å². The molecule has 0 bridgehead atoms. The van der Waals surface area contributed by atoms with E-state index in [1.807, 2.05) is 35.8 Å². The molecule has 2 aromatic heterocycles. The fourth-order valence-electron chi connectivity index (χ4n) is 2.47. The normalized spacial score (nSPS) is 12.3. The minimum absolute atomic E-state index is 0.209. The van der Waals surface area contributed by atoms with Crippen molar-refractivity contribution in [2.24, 2.45) is 0 Å². The summed E-state index contributed by atoms with van der Waals surface area (Å²) in [4.78, 5) is 4.57. The van der Waals surface area contributed by atoms with Gasteiger partial charge in [0, 0.05) is 13.6 Å². The summed E-state index contributed by atoms with van der Waals surface area (Å²) in [5.74, 6) is 0.724. The summed E-state index contributed by atoms with van der Waals surface area (Å²) in [5, 5.41) is 0. The van der Waals surface area contributed by atoms with Crippen LogP contribution >= 0.6 is 22.9 Å². The van der Waals surface area contributed by atoms with Crippen LogP contribution in [-0.4, -0.2) is 29.3 Å². The molecule has 0 spiro atoms. The van der Waals surface area contributed by atoms with Gasteiger partial charge in [0.2, 0.25) is 0 Å². The number of para-hydroxylation sites is 2. The molecule has 3 aromatic rings. The molecule has 0 amide bonds. The Bertz CT molecular complexity index is 947. The first-order chi connectivity index (χ1) is 10.9. The van der Waals surface area contributed by atoms with Crippen molar-refractivity contribution in [3.8, 4) is 0 Å². The Morgan fingerprint density at radius 1 is 1.26 bits per heavy atom. The third kappa shape index (κ3) is 3.01. The number of benzene rings is 1. The molecule has 23 heavy (non-hydrogen) atoms. The molecule has 0 saturated heterocycles. The minimum atomic E-state index is -3.56. The van der Waals surface area contributed by atoms with Crippen molar-refractivity contribution >= 4 is 44.0 Å². The van der Waals surface area contributed by atoms with Crippen molar-refractivity contribution in [3.05, 3.63) is 46.6 Å². The Labute approximate surface area is 144 Å². The molecule has 1 aromatic carbocycles. The molecule has 2 heterocycles. The molecule has 0 saturated carbocycles. The number of aromatic nitrogens is 2. The number of nitrogens with zero attached hydrogens (tertiary/aromatic N) is 3. The minimum Gasteiger partial charge on any atom is -0.327 e. The zero-order valence-electron chi connectivity index (χ0n) is 12.7. The Hall–Kier alpha value is -1.41. The fourth-order valence-corrected chi connectivity index (χ4v) is 5.29. The zero-order valence-corrected chi connectivity index (χ0v) is 15.1. The van der Waals surface area contributed by atoms with Crippen molar-refractivity contribution in [1.29, 1.82) is 0 Å². The van der Waals surface area contributed by atoms with Crippen LogP contribution in [0.1, 0.15) is 12.7 Å². The van der Waals surface area contributed by atoms with Crippen molar-refractivity contribution in [2.75, 3.05) is 7.05 Å². The summed E-state index contributed by atoms with van der Waals surface area (Å²) in [7, 11) is -2.01. The van der Waals surface area contributed by atoms with Crippen LogP contribution in [0.4, 0.5) is 0 Å². The van der Waals surface area contributed by atoms with Crippen molar-refractivity contribution in [1.82, 2.24) is 13.9 Å². The van der Waals surface area contributed by atoms with Crippen LogP contribution in [0.2, 0.25) is 4.34 Å². The van der Waals surface area contributed by atoms with Gasteiger partial charge < -0.3 is 4.57 Å². The predicted molar refractivity (Wildman–Crippen MR) is 93.4 cm³/mol. The molecule has 0 atom stereocenters. The SMILES string of the molecule is CCn1c(CN(C)S(=O)(=O)c2ccc(Cl)s2)nc2ccccc21. The van der Waals surface area contributed by atoms with Gasteiger partial charge in [-0.2, -0.15) is 4.31 Å². The average Bonchev–Trinajstić information content (AvgIpc) is 3.10. The lowest BCUT2D eigenvalue weighted by Crippen LogP contribution is -2.27. The summed E-state index contributed by atoms with van der Waals surface area (Å²) in [6.45, 7) is 2.96. The van der Waals surface area contributed by atoms with Crippen LogP contribution in [0.5, 0.6) is 0 Å². The highest BCUT2D eigenvalue weighted by atomic mass is 35.5. The number of thiophene rings is 1. The molecule has 0 aliphatic heterocycles. The molecule has 0 N–H and O–H groups in total. The third-order valence-electron chi connectivity index (χ3n) is 3.63. The highest BCUT2D eigenvalue weighted by molar-refractivity contribution is 7.91. The van der Waals surface area contributed by atoms with E-state index in [1.165, 1.54) is 10.4 Å². The zero-order chi connectivity index (χ0) is 16.6. The van der Waals surface area contributed by atoms with Gasteiger partial charge in [-0.05, 0) is 31.2 Å². The number of halogens is 1. The molecular weight excluding hydrogens is 354 g/mol. The maximum atomic E-state index is 12.6. The van der Waals surface area contributed by atoms with Gasteiger partial charge in [0.25, 0.3) is 10.0 Å². The molecule has 0 fully saturated rings. The third-order valence-corrected chi connectivity index (χ3v) is 7.13. The summed E-state index contributed by atoms with van der Waals surface area (Å²) in [6.07, 6.45) is 0. The first kappa shape index (κ1) is 16.4. The number of hydrogen-bond acceptors (Lipinski definition) is 4. The molecule has 0 aliphatic rings. The Morgan fingerprint density at radius 3 is 2.65 bits per heavy atom. The van der Waals surface area contributed by atoms with Gasteiger partial charge >= 0.3 is 0 Å². The molecule has 8 heteroatoms. The van der Waals surface area contributed by atoms with E-state index in [2.05, 4.69) is 4.98 Å². The Balaban J connectivity index is 1.95. The molecule has 0 aliphatic carbocycles. The van der Waals surface area contributed by atoms with Gasteiger partial charge in [0.15, 0.2) is 0 Å². The van der Waals surface area contributed by atoms with Crippen LogP contribution in [0, 0.1) is 0 Å². The van der Waals surface area contributed by atoms with Crippen LogP contribution in [0.25, 0.3) is 11.0 Å². The summed E-state index contributed by atoms with van der Waals surface area (Å²) < 4.78 is 29.2.